The monoisotopic (exact) mass is 325 g/mol. The second-order valence-corrected chi connectivity index (χ2v) is 5.70. The normalized spacial score (nSPS) is 11.0. The van der Waals surface area contributed by atoms with Crippen molar-refractivity contribution in [2.45, 2.75) is 11.5 Å². The van der Waals surface area contributed by atoms with E-state index >= 15 is 0 Å². The molecule has 0 radical (unpaired) electrons. The molecule has 0 bridgehead atoms. The fourth-order valence-electron chi connectivity index (χ4n) is 1.51. The van der Waals surface area contributed by atoms with Crippen molar-refractivity contribution in [1.82, 2.24) is 5.48 Å². The SMILES string of the molecule is O=C(NOS(=O)(=O)c1cccc(F)c1)OCc1ccccc1. The van der Waals surface area contributed by atoms with Crippen molar-refractivity contribution in [3.05, 3.63) is 66.0 Å². The van der Waals surface area contributed by atoms with E-state index in [1.165, 1.54) is 6.07 Å². The van der Waals surface area contributed by atoms with Crippen LogP contribution in [0.15, 0.2) is 59.5 Å². The zero-order valence-electron chi connectivity index (χ0n) is 11.2. The Labute approximate surface area is 126 Å². The highest BCUT2D eigenvalue weighted by molar-refractivity contribution is 7.86. The maximum atomic E-state index is 13.0. The van der Waals surface area contributed by atoms with E-state index in [9.17, 15) is 17.6 Å². The van der Waals surface area contributed by atoms with Gasteiger partial charge in [0.05, 0.1) is 4.90 Å². The minimum Gasteiger partial charge on any atom is -0.443 e. The highest BCUT2D eigenvalue weighted by Crippen LogP contribution is 2.12. The van der Waals surface area contributed by atoms with Gasteiger partial charge in [-0.05, 0) is 23.8 Å². The van der Waals surface area contributed by atoms with Crippen LogP contribution in [0.4, 0.5) is 9.18 Å². The van der Waals surface area contributed by atoms with E-state index in [2.05, 4.69) is 4.28 Å². The number of hydrogen-bond donors (Lipinski definition) is 1. The van der Waals surface area contributed by atoms with Crippen molar-refractivity contribution in [1.29, 1.82) is 0 Å². The molecule has 2 rings (SSSR count). The third-order valence-corrected chi connectivity index (χ3v) is 3.67. The first-order valence-electron chi connectivity index (χ1n) is 6.13. The van der Waals surface area contributed by atoms with Gasteiger partial charge in [0.1, 0.15) is 12.4 Å². The predicted octanol–water partition coefficient (Wildman–Crippen LogP) is 2.37. The van der Waals surface area contributed by atoms with Crippen molar-refractivity contribution in [2.24, 2.45) is 0 Å². The lowest BCUT2D eigenvalue weighted by Crippen LogP contribution is -2.27. The van der Waals surface area contributed by atoms with Crippen LogP contribution in [0.3, 0.4) is 0 Å². The third kappa shape index (κ3) is 4.54. The van der Waals surface area contributed by atoms with E-state index in [0.29, 0.717) is 0 Å². The quantitative estimate of drug-likeness (QED) is 0.854. The van der Waals surface area contributed by atoms with Crippen LogP contribution in [0.25, 0.3) is 0 Å². The van der Waals surface area contributed by atoms with Gasteiger partial charge in [-0.3, -0.25) is 0 Å². The highest BCUT2D eigenvalue weighted by Gasteiger charge is 2.18. The lowest BCUT2D eigenvalue weighted by Gasteiger charge is -2.07. The minimum atomic E-state index is -4.31. The standard InChI is InChI=1S/C14H12FNO5S/c15-12-7-4-8-13(9-12)22(18,19)21-16-14(17)20-10-11-5-2-1-3-6-11/h1-9H,10H2,(H,16,17). The van der Waals surface area contributed by atoms with Gasteiger partial charge in [0.15, 0.2) is 0 Å². The fraction of sp³-hybridized carbons (Fsp3) is 0.0714. The summed E-state index contributed by atoms with van der Waals surface area (Å²) in [5, 5.41) is 0. The molecular weight excluding hydrogens is 313 g/mol. The van der Waals surface area contributed by atoms with Crippen LogP contribution in [0.2, 0.25) is 0 Å². The molecule has 0 aliphatic rings. The van der Waals surface area contributed by atoms with Crippen LogP contribution in [0.1, 0.15) is 5.56 Å². The smallest absolute Gasteiger partial charge is 0.432 e. The van der Waals surface area contributed by atoms with Gasteiger partial charge in [0.25, 0.3) is 0 Å². The number of carbonyl (C=O) groups excluding carboxylic acids is 1. The Bertz CT molecular complexity index is 749. The number of halogens is 1. The summed E-state index contributed by atoms with van der Waals surface area (Å²) in [4.78, 5) is 10.9. The Morgan fingerprint density at radius 3 is 2.50 bits per heavy atom. The highest BCUT2D eigenvalue weighted by atomic mass is 32.2. The molecule has 0 spiro atoms. The molecule has 2 aromatic carbocycles. The van der Waals surface area contributed by atoms with Crippen LogP contribution in [-0.4, -0.2) is 14.5 Å². The number of carbonyl (C=O) groups is 1. The average molecular weight is 325 g/mol. The predicted molar refractivity (Wildman–Crippen MR) is 74.4 cm³/mol. The first kappa shape index (κ1) is 15.9. The molecule has 0 aliphatic heterocycles. The molecule has 8 heteroatoms. The molecule has 0 heterocycles. The first-order chi connectivity index (χ1) is 10.5. The van der Waals surface area contributed by atoms with E-state index in [1.807, 2.05) is 0 Å². The Hall–Kier alpha value is -2.45. The molecule has 116 valence electrons. The average Bonchev–Trinajstić information content (AvgIpc) is 2.52. The summed E-state index contributed by atoms with van der Waals surface area (Å²) in [6.07, 6.45) is -1.08. The van der Waals surface area contributed by atoms with Gasteiger partial charge in [-0.2, -0.15) is 13.9 Å². The van der Waals surface area contributed by atoms with Gasteiger partial charge < -0.3 is 4.74 Å². The summed E-state index contributed by atoms with van der Waals surface area (Å²) in [5.74, 6) is -0.740. The molecule has 6 nitrogen and oxygen atoms in total. The number of hydrogen-bond acceptors (Lipinski definition) is 5. The number of amides is 1. The minimum absolute atomic E-state index is 0.0456. The van der Waals surface area contributed by atoms with Crippen LogP contribution in [0, 0.1) is 5.82 Å². The second kappa shape index (κ2) is 7.01. The number of nitrogens with one attached hydrogen (secondary N) is 1. The second-order valence-electron chi connectivity index (χ2n) is 4.16. The van der Waals surface area contributed by atoms with E-state index in [0.717, 1.165) is 23.8 Å². The summed E-state index contributed by atoms with van der Waals surface area (Å²) in [6.45, 7) is -0.0456. The summed E-state index contributed by atoms with van der Waals surface area (Å²) in [6, 6.07) is 13.0. The van der Waals surface area contributed by atoms with Crippen LogP contribution < -0.4 is 5.48 Å². The Balaban J connectivity index is 1.88. The number of rotatable bonds is 5. The topological polar surface area (TPSA) is 81.7 Å². The number of ether oxygens (including phenoxy) is 1. The Kier molecular flexibility index (Phi) is 5.08. The van der Waals surface area contributed by atoms with E-state index in [1.54, 1.807) is 35.8 Å². The molecule has 0 saturated heterocycles. The van der Waals surface area contributed by atoms with Crippen LogP contribution in [0.5, 0.6) is 0 Å². The number of benzene rings is 2. The molecule has 22 heavy (non-hydrogen) atoms. The van der Waals surface area contributed by atoms with Crippen LogP contribution in [-0.2, 0) is 25.7 Å². The van der Waals surface area contributed by atoms with Gasteiger partial charge in [0, 0.05) is 0 Å². The zero-order chi connectivity index (χ0) is 16.0. The molecule has 0 atom stereocenters. The lowest BCUT2D eigenvalue weighted by molar-refractivity contribution is 0.0971. The fourth-order valence-corrected chi connectivity index (χ4v) is 2.29. The Morgan fingerprint density at radius 1 is 1.09 bits per heavy atom. The summed E-state index contributed by atoms with van der Waals surface area (Å²) >= 11 is 0. The zero-order valence-corrected chi connectivity index (χ0v) is 12.0. The van der Waals surface area contributed by atoms with Crippen molar-refractivity contribution in [2.75, 3.05) is 0 Å². The third-order valence-electron chi connectivity index (χ3n) is 2.53. The van der Waals surface area contributed by atoms with Crippen molar-refractivity contribution in [3.8, 4) is 0 Å². The van der Waals surface area contributed by atoms with Gasteiger partial charge in [-0.15, -0.1) is 4.28 Å². The van der Waals surface area contributed by atoms with Gasteiger partial charge in [0.2, 0.25) is 0 Å². The first-order valence-corrected chi connectivity index (χ1v) is 7.54. The van der Waals surface area contributed by atoms with Crippen LogP contribution >= 0.6 is 0 Å². The maximum absolute atomic E-state index is 13.0. The summed E-state index contributed by atoms with van der Waals surface area (Å²) < 4.78 is 45.5. The molecule has 0 unspecified atom stereocenters. The maximum Gasteiger partial charge on any atom is 0.432 e. The van der Waals surface area contributed by atoms with Gasteiger partial charge in [-0.1, -0.05) is 36.4 Å². The molecule has 0 aromatic heterocycles. The van der Waals surface area contributed by atoms with Crippen molar-refractivity contribution >= 4 is 16.2 Å². The largest absolute Gasteiger partial charge is 0.443 e. The van der Waals surface area contributed by atoms with E-state index in [-0.39, 0.29) is 6.61 Å². The molecule has 0 saturated carbocycles. The number of hydroxylamine groups is 1. The van der Waals surface area contributed by atoms with E-state index in [4.69, 9.17) is 4.74 Å². The molecule has 2 aromatic rings. The molecule has 1 N–H and O–H groups in total. The summed E-state index contributed by atoms with van der Waals surface area (Å²) in [7, 11) is -4.31. The molecule has 1 amide bonds. The molecule has 0 aliphatic carbocycles. The van der Waals surface area contributed by atoms with E-state index < -0.39 is 26.9 Å². The summed E-state index contributed by atoms with van der Waals surface area (Å²) in [5.41, 5.74) is 2.37. The van der Waals surface area contributed by atoms with Gasteiger partial charge in [-0.25, -0.2) is 9.18 Å². The Morgan fingerprint density at radius 2 is 1.82 bits per heavy atom. The van der Waals surface area contributed by atoms with Gasteiger partial charge >= 0.3 is 16.2 Å². The molecule has 0 fully saturated rings. The van der Waals surface area contributed by atoms with Crippen molar-refractivity contribution in [3.63, 3.8) is 0 Å². The van der Waals surface area contributed by atoms with Crippen molar-refractivity contribution < 1.29 is 26.6 Å². The molecular formula is C14H12FNO5S. The lowest BCUT2D eigenvalue weighted by atomic mass is 10.2.